The molecular weight excluding hydrogens is 266 g/mol. The van der Waals surface area contributed by atoms with Gasteiger partial charge < -0.3 is 4.90 Å². The third-order valence-corrected chi connectivity index (χ3v) is 4.60. The molecule has 1 aromatic carbocycles. The van der Waals surface area contributed by atoms with Crippen LogP contribution >= 0.6 is 11.8 Å². The molecule has 0 bridgehead atoms. The summed E-state index contributed by atoms with van der Waals surface area (Å²) in [6, 6.07) is 10.6. The Morgan fingerprint density at radius 3 is 2.95 bits per heavy atom. The number of aromatic amines is 1. The van der Waals surface area contributed by atoms with Crippen LogP contribution in [0.15, 0.2) is 47.5 Å². The first-order valence-electron chi connectivity index (χ1n) is 6.91. The Morgan fingerprint density at radius 1 is 1.30 bits per heavy atom. The second-order valence-electron chi connectivity index (χ2n) is 5.14. The lowest BCUT2D eigenvalue weighted by atomic mass is 10.1. The highest BCUT2D eigenvalue weighted by atomic mass is 32.2. The van der Waals surface area contributed by atoms with Crippen LogP contribution in [0.25, 0.3) is 5.57 Å². The first-order valence-corrected chi connectivity index (χ1v) is 7.89. The van der Waals surface area contributed by atoms with Crippen LogP contribution in [0.1, 0.15) is 17.7 Å². The maximum atomic E-state index is 4.23. The van der Waals surface area contributed by atoms with E-state index in [0.717, 1.165) is 25.3 Å². The number of rotatable bonds is 4. The summed E-state index contributed by atoms with van der Waals surface area (Å²) in [4.78, 5) is 3.59. The second kappa shape index (κ2) is 6.29. The molecule has 1 aromatic heterocycles. The van der Waals surface area contributed by atoms with Gasteiger partial charge in [0.2, 0.25) is 0 Å². The van der Waals surface area contributed by atoms with Crippen molar-refractivity contribution in [1.29, 1.82) is 0 Å². The van der Waals surface area contributed by atoms with Gasteiger partial charge in [-0.15, -0.1) is 11.8 Å². The van der Waals surface area contributed by atoms with E-state index in [1.54, 1.807) is 0 Å². The first kappa shape index (κ1) is 13.5. The van der Waals surface area contributed by atoms with E-state index in [2.05, 4.69) is 58.6 Å². The third-order valence-electron chi connectivity index (χ3n) is 3.50. The maximum Gasteiger partial charge on any atom is 0.0755 e. The zero-order valence-electron chi connectivity index (χ0n) is 11.7. The number of hydrogen-bond donors (Lipinski definition) is 1. The number of nitrogens with zero attached hydrogens (tertiary/aromatic N) is 2. The van der Waals surface area contributed by atoms with Crippen LogP contribution in [0.5, 0.6) is 0 Å². The lowest BCUT2D eigenvalue weighted by Crippen LogP contribution is -2.25. The molecule has 2 heterocycles. The highest BCUT2D eigenvalue weighted by Crippen LogP contribution is 2.30. The van der Waals surface area contributed by atoms with Crippen molar-refractivity contribution in [3.8, 4) is 0 Å². The molecule has 0 spiro atoms. The van der Waals surface area contributed by atoms with Crippen molar-refractivity contribution in [2.24, 2.45) is 0 Å². The molecule has 0 radical (unpaired) electrons. The topological polar surface area (TPSA) is 31.9 Å². The molecule has 1 aliphatic rings. The molecule has 104 valence electrons. The summed E-state index contributed by atoms with van der Waals surface area (Å²) in [6.45, 7) is 2.14. The Balaban J connectivity index is 1.72. The summed E-state index contributed by atoms with van der Waals surface area (Å²) in [5.74, 6) is 0.983. The molecule has 0 unspecified atom stereocenters. The molecule has 0 aliphatic carbocycles. The molecule has 0 saturated heterocycles. The molecule has 4 heteroatoms. The Labute approximate surface area is 124 Å². The summed E-state index contributed by atoms with van der Waals surface area (Å²) in [7, 11) is 2.17. The van der Waals surface area contributed by atoms with Gasteiger partial charge in [0.25, 0.3) is 0 Å². The van der Waals surface area contributed by atoms with Crippen molar-refractivity contribution in [1.82, 2.24) is 15.1 Å². The molecule has 20 heavy (non-hydrogen) atoms. The molecule has 3 nitrogen and oxygen atoms in total. The monoisotopic (exact) mass is 285 g/mol. The summed E-state index contributed by atoms with van der Waals surface area (Å²) in [5.41, 5.74) is 3.91. The van der Waals surface area contributed by atoms with Gasteiger partial charge in [-0.25, -0.2) is 0 Å². The predicted octanol–water partition coefficient (Wildman–Crippen LogP) is 3.42. The van der Waals surface area contributed by atoms with Crippen molar-refractivity contribution in [2.45, 2.75) is 17.1 Å². The largest absolute Gasteiger partial charge is 0.302 e. The Kier molecular flexibility index (Phi) is 4.23. The van der Waals surface area contributed by atoms with E-state index in [4.69, 9.17) is 0 Å². The van der Waals surface area contributed by atoms with Gasteiger partial charge in [-0.3, -0.25) is 5.10 Å². The third kappa shape index (κ3) is 3.14. The number of hydrogen-bond acceptors (Lipinski definition) is 3. The predicted molar refractivity (Wildman–Crippen MR) is 84.7 cm³/mol. The minimum Gasteiger partial charge on any atom is -0.302 e. The average molecular weight is 285 g/mol. The van der Waals surface area contributed by atoms with E-state index >= 15 is 0 Å². The smallest absolute Gasteiger partial charge is 0.0755 e. The molecule has 1 aliphatic heterocycles. The van der Waals surface area contributed by atoms with Crippen LogP contribution in [-0.4, -0.2) is 35.2 Å². The Morgan fingerprint density at radius 2 is 2.15 bits per heavy atom. The zero-order chi connectivity index (χ0) is 13.8. The minimum atomic E-state index is 0.983. The van der Waals surface area contributed by atoms with Gasteiger partial charge in [-0.1, -0.05) is 36.4 Å². The highest BCUT2D eigenvalue weighted by molar-refractivity contribution is 7.98. The molecule has 0 saturated carbocycles. The number of nitrogens with one attached hydrogen (secondary N) is 1. The van der Waals surface area contributed by atoms with Crippen molar-refractivity contribution >= 4 is 17.3 Å². The van der Waals surface area contributed by atoms with E-state index in [9.17, 15) is 0 Å². The zero-order valence-corrected chi connectivity index (χ0v) is 12.5. The van der Waals surface area contributed by atoms with E-state index in [1.165, 1.54) is 21.7 Å². The quantitative estimate of drug-likeness (QED) is 0.874. The van der Waals surface area contributed by atoms with Gasteiger partial charge in [0, 0.05) is 18.8 Å². The Bertz CT molecular complexity index is 589. The van der Waals surface area contributed by atoms with Crippen molar-refractivity contribution in [3.63, 3.8) is 0 Å². The fourth-order valence-electron chi connectivity index (χ4n) is 2.42. The van der Waals surface area contributed by atoms with E-state index in [0.29, 0.717) is 0 Å². The fraction of sp³-hybridized carbons (Fsp3) is 0.312. The van der Waals surface area contributed by atoms with Crippen LogP contribution in [0.4, 0.5) is 0 Å². The fourth-order valence-corrected chi connectivity index (χ4v) is 3.39. The van der Waals surface area contributed by atoms with Gasteiger partial charge in [0.1, 0.15) is 0 Å². The number of thioether (sulfide) groups is 1. The number of likely N-dealkylation sites (N-methyl/N-ethyl adjacent to an activating group) is 1. The van der Waals surface area contributed by atoms with Crippen LogP contribution < -0.4 is 0 Å². The molecule has 2 aromatic rings. The molecular formula is C16H19N3S. The van der Waals surface area contributed by atoms with E-state index < -0.39 is 0 Å². The number of H-pyrrole nitrogens is 1. The van der Waals surface area contributed by atoms with Crippen LogP contribution in [0.3, 0.4) is 0 Å². The molecule has 3 rings (SSSR count). The van der Waals surface area contributed by atoms with Crippen LogP contribution in [0.2, 0.25) is 0 Å². The summed E-state index contributed by atoms with van der Waals surface area (Å²) in [6.07, 6.45) is 5.39. The lowest BCUT2D eigenvalue weighted by Gasteiger charge is -2.22. The van der Waals surface area contributed by atoms with E-state index in [1.807, 2.05) is 18.0 Å². The van der Waals surface area contributed by atoms with Crippen molar-refractivity contribution < 1.29 is 0 Å². The van der Waals surface area contributed by atoms with Gasteiger partial charge in [0.15, 0.2) is 0 Å². The standard InChI is InChI=1S/C16H19N3S/c1-19-9-5-8-14(11-19)16-15(10-17-18-16)20-12-13-6-3-2-4-7-13/h2-4,6-8,10H,5,9,11-12H2,1H3,(H,17,18). The lowest BCUT2D eigenvalue weighted by molar-refractivity contribution is 0.372. The van der Waals surface area contributed by atoms with E-state index in [-0.39, 0.29) is 0 Å². The normalized spacial score (nSPS) is 16.1. The van der Waals surface area contributed by atoms with Crippen molar-refractivity contribution in [2.75, 3.05) is 20.1 Å². The maximum absolute atomic E-state index is 4.23. The molecule has 0 amide bonds. The molecule has 0 atom stereocenters. The summed E-state index contributed by atoms with van der Waals surface area (Å²) < 4.78 is 0. The number of benzene rings is 1. The molecule has 1 N–H and O–H groups in total. The SMILES string of the molecule is CN1CCC=C(c2[nH]ncc2SCc2ccccc2)C1. The van der Waals surface area contributed by atoms with Gasteiger partial charge in [-0.2, -0.15) is 5.10 Å². The number of aromatic nitrogens is 2. The van der Waals surface area contributed by atoms with Gasteiger partial charge >= 0.3 is 0 Å². The average Bonchev–Trinajstić information content (AvgIpc) is 2.95. The molecule has 0 fully saturated rings. The summed E-state index contributed by atoms with van der Waals surface area (Å²) in [5, 5.41) is 7.40. The van der Waals surface area contributed by atoms with Gasteiger partial charge in [-0.05, 0) is 24.6 Å². The van der Waals surface area contributed by atoms with Crippen LogP contribution in [0, 0.1) is 0 Å². The minimum absolute atomic E-state index is 0.983. The van der Waals surface area contributed by atoms with Crippen molar-refractivity contribution in [3.05, 3.63) is 53.9 Å². The highest BCUT2D eigenvalue weighted by Gasteiger charge is 2.15. The first-order chi connectivity index (χ1) is 9.83. The van der Waals surface area contributed by atoms with Gasteiger partial charge in [0.05, 0.1) is 16.8 Å². The van der Waals surface area contributed by atoms with Crippen LogP contribution in [-0.2, 0) is 5.75 Å². The summed E-state index contributed by atoms with van der Waals surface area (Å²) >= 11 is 1.85. The second-order valence-corrected chi connectivity index (χ2v) is 6.16. The Hall–Kier alpha value is -1.52.